The highest BCUT2D eigenvalue weighted by molar-refractivity contribution is 6.09. The average molecular weight is 378 g/mol. The number of aromatic amines is 1. The second-order valence-electron chi connectivity index (χ2n) is 6.58. The van der Waals surface area contributed by atoms with Gasteiger partial charge in [-0.25, -0.2) is 14.4 Å². The molecule has 8 heteroatoms. The largest absolute Gasteiger partial charge is 0.382 e. The molecule has 0 atom stereocenters. The van der Waals surface area contributed by atoms with Gasteiger partial charge in [-0.05, 0) is 25.1 Å². The minimum Gasteiger partial charge on any atom is -0.382 e. The summed E-state index contributed by atoms with van der Waals surface area (Å²) in [6, 6.07) is 6.65. The molecular formula is C20H19FN6O. The molecule has 3 heterocycles. The zero-order valence-corrected chi connectivity index (χ0v) is 15.7. The lowest BCUT2D eigenvalue weighted by Gasteiger charge is -2.06. The Morgan fingerprint density at radius 2 is 2.04 bits per heavy atom. The van der Waals surface area contributed by atoms with Gasteiger partial charge in [0.05, 0.1) is 11.1 Å². The summed E-state index contributed by atoms with van der Waals surface area (Å²) in [7, 11) is 3.42. The Morgan fingerprint density at radius 3 is 2.68 bits per heavy atom. The number of carbonyl (C=O) groups excluding carboxylic acids is 1. The summed E-state index contributed by atoms with van der Waals surface area (Å²) in [5, 5.41) is 3.16. The molecule has 0 aliphatic heterocycles. The molecule has 0 saturated heterocycles. The van der Waals surface area contributed by atoms with Crippen LogP contribution in [0.3, 0.4) is 0 Å². The Hall–Kier alpha value is -3.68. The van der Waals surface area contributed by atoms with E-state index in [-0.39, 0.29) is 11.7 Å². The van der Waals surface area contributed by atoms with Gasteiger partial charge >= 0.3 is 0 Å². The number of anilines is 1. The van der Waals surface area contributed by atoms with Crippen LogP contribution in [0, 0.1) is 12.7 Å². The fourth-order valence-corrected chi connectivity index (χ4v) is 3.23. The van der Waals surface area contributed by atoms with Crippen molar-refractivity contribution in [3.63, 3.8) is 0 Å². The van der Waals surface area contributed by atoms with E-state index in [1.807, 2.05) is 24.6 Å². The maximum absolute atomic E-state index is 14.9. The van der Waals surface area contributed by atoms with Gasteiger partial charge in [0.1, 0.15) is 17.5 Å². The van der Waals surface area contributed by atoms with Gasteiger partial charge in [-0.2, -0.15) is 0 Å². The summed E-state index contributed by atoms with van der Waals surface area (Å²) < 4.78 is 16.8. The molecule has 0 aliphatic carbocycles. The monoisotopic (exact) mass is 378 g/mol. The summed E-state index contributed by atoms with van der Waals surface area (Å²) in [5.41, 5.74) is 9.35. The molecule has 4 aromatic rings. The first-order valence-corrected chi connectivity index (χ1v) is 8.68. The lowest BCUT2D eigenvalue weighted by atomic mass is 10.1. The van der Waals surface area contributed by atoms with Crippen LogP contribution in [-0.4, -0.2) is 32.5 Å². The fraction of sp³-hybridized carbons (Fsp3) is 0.150. The molecular weight excluding hydrogens is 359 g/mol. The number of aromatic nitrogens is 4. The number of pyridine rings is 1. The minimum absolute atomic E-state index is 0.245. The van der Waals surface area contributed by atoms with Gasteiger partial charge in [-0.3, -0.25) is 4.79 Å². The van der Waals surface area contributed by atoms with E-state index >= 15 is 0 Å². The number of H-pyrrole nitrogens is 1. The number of aryl methyl sites for hydroxylation is 1. The number of benzene rings is 1. The summed E-state index contributed by atoms with van der Waals surface area (Å²) in [6.45, 7) is 1.94. The topological polar surface area (TPSA) is 102 Å². The first-order chi connectivity index (χ1) is 13.4. The second-order valence-corrected chi connectivity index (χ2v) is 6.58. The van der Waals surface area contributed by atoms with Crippen LogP contribution in [0.5, 0.6) is 0 Å². The Labute approximate surface area is 160 Å². The smallest absolute Gasteiger partial charge is 0.253 e. The van der Waals surface area contributed by atoms with Crippen molar-refractivity contribution in [2.45, 2.75) is 6.92 Å². The highest BCUT2D eigenvalue weighted by Crippen LogP contribution is 2.32. The summed E-state index contributed by atoms with van der Waals surface area (Å²) in [5.74, 6) is 0.242. The van der Waals surface area contributed by atoms with Crippen molar-refractivity contribution in [3.8, 4) is 22.6 Å². The number of nitrogens with zero attached hydrogens (tertiary/aromatic N) is 3. The van der Waals surface area contributed by atoms with Crippen LogP contribution in [-0.2, 0) is 7.05 Å². The molecule has 0 fully saturated rings. The number of nitrogens with one attached hydrogen (secondary N) is 2. The Bertz CT molecular complexity index is 1220. The summed E-state index contributed by atoms with van der Waals surface area (Å²) in [6.07, 6.45) is 3.16. The molecule has 0 saturated carbocycles. The first kappa shape index (κ1) is 17.7. The van der Waals surface area contributed by atoms with Gasteiger partial charge in [0.15, 0.2) is 0 Å². The van der Waals surface area contributed by atoms with Gasteiger partial charge in [0.25, 0.3) is 5.91 Å². The Kier molecular flexibility index (Phi) is 4.11. The van der Waals surface area contributed by atoms with E-state index in [0.29, 0.717) is 39.1 Å². The molecule has 1 amide bonds. The van der Waals surface area contributed by atoms with Crippen molar-refractivity contribution in [1.29, 1.82) is 0 Å². The number of hydrogen-bond donors (Lipinski definition) is 3. The van der Waals surface area contributed by atoms with E-state index in [9.17, 15) is 9.18 Å². The molecule has 142 valence electrons. The number of fused-ring (bicyclic) bond motifs is 1. The standard InChI is InChI=1S/C20H19FN6O/c1-10-8-25-19(27(10)3)11-4-5-12(15(21)6-11)16-7-13-14(20(28)23-2)9-24-18(22)17(13)26-16/h4-9,26H,1-3H3,(H2,22,24)(H,23,28). The van der Waals surface area contributed by atoms with Gasteiger partial charge < -0.3 is 20.6 Å². The number of imidazole rings is 1. The van der Waals surface area contributed by atoms with E-state index in [4.69, 9.17) is 5.73 Å². The Morgan fingerprint density at radius 1 is 1.25 bits per heavy atom. The number of carbonyl (C=O) groups is 1. The molecule has 0 aliphatic rings. The predicted molar refractivity (Wildman–Crippen MR) is 106 cm³/mol. The van der Waals surface area contributed by atoms with Gasteiger partial charge in [-0.15, -0.1) is 0 Å². The Balaban J connectivity index is 1.83. The molecule has 7 nitrogen and oxygen atoms in total. The predicted octanol–water partition coefficient (Wildman–Crippen LogP) is 3.02. The molecule has 0 bridgehead atoms. The van der Waals surface area contributed by atoms with E-state index in [1.165, 1.54) is 19.3 Å². The van der Waals surface area contributed by atoms with Crippen LogP contribution in [0.2, 0.25) is 0 Å². The highest BCUT2D eigenvalue weighted by atomic mass is 19.1. The molecule has 4 N–H and O–H groups in total. The molecule has 0 spiro atoms. The zero-order chi connectivity index (χ0) is 20.0. The summed E-state index contributed by atoms with van der Waals surface area (Å²) in [4.78, 5) is 23.6. The molecule has 0 unspecified atom stereocenters. The SMILES string of the molecule is CNC(=O)c1cnc(N)c2[nH]c(-c3ccc(-c4ncc(C)n4C)cc3F)cc12. The third kappa shape index (κ3) is 2.70. The number of amides is 1. The van der Waals surface area contributed by atoms with Crippen LogP contribution in [0.4, 0.5) is 10.2 Å². The molecule has 0 radical (unpaired) electrons. The molecule has 28 heavy (non-hydrogen) atoms. The van der Waals surface area contributed by atoms with Gasteiger partial charge in [0.2, 0.25) is 0 Å². The van der Waals surface area contributed by atoms with Crippen molar-refractivity contribution >= 4 is 22.6 Å². The van der Waals surface area contributed by atoms with Gasteiger partial charge in [-0.1, -0.05) is 6.07 Å². The van der Waals surface area contributed by atoms with E-state index < -0.39 is 5.82 Å². The van der Waals surface area contributed by atoms with Crippen molar-refractivity contribution in [2.24, 2.45) is 7.05 Å². The van der Waals surface area contributed by atoms with Crippen molar-refractivity contribution in [3.05, 3.63) is 53.7 Å². The number of rotatable bonds is 3. The lowest BCUT2D eigenvalue weighted by Crippen LogP contribution is -2.18. The van der Waals surface area contributed by atoms with Crippen LogP contribution in [0.1, 0.15) is 16.1 Å². The maximum atomic E-state index is 14.9. The van der Waals surface area contributed by atoms with Crippen molar-refractivity contribution in [1.82, 2.24) is 24.8 Å². The average Bonchev–Trinajstić information content (AvgIpc) is 3.26. The highest BCUT2D eigenvalue weighted by Gasteiger charge is 2.17. The summed E-state index contributed by atoms with van der Waals surface area (Å²) >= 11 is 0. The van der Waals surface area contributed by atoms with E-state index in [0.717, 1.165) is 5.69 Å². The maximum Gasteiger partial charge on any atom is 0.253 e. The minimum atomic E-state index is -0.405. The quantitative estimate of drug-likeness (QED) is 0.510. The number of nitrogen functional groups attached to an aromatic ring is 1. The second kappa shape index (κ2) is 6.49. The molecule has 4 rings (SSSR count). The van der Waals surface area contributed by atoms with Crippen molar-refractivity contribution in [2.75, 3.05) is 12.8 Å². The first-order valence-electron chi connectivity index (χ1n) is 8.68. The number of hydrogen-bond acceptors (Lipinski definition) is 4. The van der Waals surface area contributed by atoms with Crippen LogP contribution >= 0.6 is 0 Å². The van der Waals surface area contributed by atoms with Crippen molar-refractivity contribution < 1.29 is 9.18 Å². The molecule has 3 aromatic heterocycles. The van der Waals surface area contributed by atoms with Gasteiger partial charge in [0, 0.05) is 54.4 Å². The third-order valence-corrected chi connectivity index (χ3v) is 4.91. The third-order valence-electron chi connectivity index (χ3n) is 4.91. The van der Waals surface area contributed by atoms with Crippen LogP contribution in [0.15, 0.2) is 36.7 Å². The number of nitrogens with two attached hydrogens (primary N) is 1. The zero-order valence-electron chi connectivity index (χ0n) is 15.7. The van der Waals surface area contributed by atoms with Crippen LogP contribution < -0.4 is 11.1 Å². The normalized spacial score (nSPS) is 11.1. The van der Waals surface area contributed by atoms with Crippen LogP contribution in [0.25, 0.3) is 33.5 Å². The lowest BCUT2D eigenvalue weighted by molar-refractivity contribution is 0.0964. The van der Waals surface area contributed by atoms with E-state index in [2.05, 4.69) is 20.3 Å². The fourth-order valence-electron chi connectivity index (χ4n) is 3.23. The number of halogens is 1. The van der Waals surface area contributed by atoms with E-state index in [1.54, 1.807) is 18.3 Å². The molecule has 1 aromatic carbocycles.